The number of aliphatic hydroxyl groups excluding tert-OH is 1. The van der Waals surface area contributed by atoms with E-state index in [1.165, 1.54) is 11.3 Å². The summed E-state index contributed by atoms with van der Waals surface area (Å²) in [5, 5.41) is 11.3. The van der Waals surface area contributed by atoms with Crippen LogP contribution in [-0.2, 0) is 9.84 Å². The number of aliphatic hydroxyl groups is 1. The topological polar surface area (TPSA) is 83.5 Å². The maximum Gasteiger partial charge on any atom is 0.261 e. The van der Waals surface area contributed by atoms with Gasteiger partial charge in [0.2, 0.25) is 0 Å². The molecule has 0 bridgehead atoms. The van der Waals surface area contributed by atoms with Gasteiger partial charge in [0.25, 0.3) is 5.91 Å². The van der Waals surface area contributed by atoms with E-state index in [-0.39, 0.29) is 18.3 Å². The maximum atomic E-state index is 11.9. The van der Waals surface area contributed by atoms with Gasteiger partial charge in [-0.3, -0.25) is 4.79 Å². The van der Waals surface area contributed by atoms with Crippen LogP contribution in [0.25, 0.3) is 0 Å². The molecule has 0 saturated carbocycles. The Morgan fingerprint density at radius 1 is 1.50 bits per heavy atom. The first-order valence-electron chi connectivity index (χ1n) is 6.00. The lowest BCUT2D eigenvalue weighted by atomic mass is 10.3. The first kappa shape index (κ1) is 16.7. The van der Waals surface area contributed by atoms with E-state index in [2.05, 4.69) is 17.2 Å². The first-order chi connectivity index (χ1) is 9.31. The van der Waals surface area contributed by atoms with Crippen molar-refractivity contribution in [2.24, 2.45) is 0 Å². The van der Waals surface area contributed by atoms with Gasteiger partial charge in [-0.1, -0.05) is 11.8 Å². The molecule has 1 heterocycles. The standard InChI is InChI=1S/C13H17NO4S2/c1-10(9-20(2,17)18)14-13(16)12-7-6-11(19-12)5-3-4-8-15/h6-7,10,15H,4,8-9H2,1-2H3,(H,14,16). The van der Waals surface area contributed by atoms with Gasteiger partial charge in [0.15, 0.2) is 0 Å². The first-order valence-corrected chi connectivity index (χ1v) is 8.87. The lowest BCUT2D eigenvalue weighted by Crippen LogP contribution is -2.36. The van der Waals surface area contributed by atoms with Gasteiger partial charge in [0.05, 0.1) is 22.1 Å². The van der Waals surface area contributed by atoms with Gasteiger partial charge in [-0.2, -0.15) is 0 Å². The molecule has 0 aliphatic carbocycles. The summed E-state index contributed by atoms with van der Waals surface area (Å²) >= 11 is 1.23. The number of amides is 1. The number of thiophene rings is 1. The zero-order chi connectivity index (χ0) is 15.2. The van der Waals surface area contributed by atoms with Crippen molar-refractivity contribution in [3.8, 4) is 11.8 Å². The summed E-state index contributed by atoms with van der Waals surface area (Å²) < 4.78 is 22.2. The number of hydrogen-bond donors (Lipinski definition) is 2. The van der Waals surface area contributed by atoms with Crippen molar-refractivity contribution in [2.45, 2.75) is 19.4 Å². The fraction of sp³-hybridized carbons (Fsp3) is 0.462. The Balaban J connectivity index is 2.63. The molecule has 0 aromatic carbocycles. The summed E-state index contributed by atoms with van der Waals surface area (Å²) in [6.45, 7) is 1.66. The summed E-state index contributed by atoms with van der Waals surface area (Å²) in [6.07, 6.45) is 1.53. The highest BCUT2D eigenvalue weighted by Crippen LogP contribution is 2.15. The average molecular weight is 315 g/mol. The zero-order valence-corrected chi connectivity index (χ0v) is 13.0. The third kappa shape index (κ3) is 6.19. The second-order valence-corrected chi connectivity index (χ2v) is 7.67. The van der Waals surface area contributed by atoms with Crippen LogP contribution in [0.15, 0.2) is 12.1 Å². The third-order valence-electron chi connectivity index (χ3n) is 2.21. The molecule has 0 aliphatic heterocycles. The van der Waals surface area contributed by atoms with Gasteiger partial charge < -0.3 is 10.4 Å². The van der Waals surface area contributed by atoms with Gasteiger partial charge in [0, 0.05) is 18.7 Å². The Morgan fingerprint density at radius 3 is 2.80 bits per heavy atom. The third-order valence-corrected chi connectivity index (χ3v) is 4.31. The maximum absolute atomic E-state index is 11.9. The highest BCUT2D eigenvalue weighted by atomic mass is 32.2. The van der Waals surface area contributed by atoms with Gasteiger partial charge in [0.1, 0.15) is 9.84 Å². The fourth-order valence-corrected chi connectivity index (χ4v) is 3.30. The fourth-order valence-electron chi connectivity index (χ4n) is 1.52. The van der Waals surface area contributed by atoms with Crippen molar-refractivity contribution >= 4 is 27.1 Å². The molecule has 20 heavy (non-hydrogen) atoms. The minimum atomic E-state index is -3.12. The summed E-state index contributed by atoms with van der Waals surface area (Å²) in [5.41, 5.74) is 0. The Morgan fingerprint density at radius 2 is 2.20 bits per heavy atom. The average Bonchev–Trinajstić information content (AvgIpc) is 2.75. The minimum absolute atomic E-state index is 0.00866. The van der Waals surface area contributed by atoms with Crippen LogP contribution in [-0.4, -0.2) is 44.1 Å². The molecule has 7 heteroatoms. The molecule has 0 saturated heterocycles. The van der Waals surface area contributed by atoms with E-state index >= 15 is 0 Å². The molecule has 0 aliphatic rings. The van der Waals surface area contributed by atoms with Gasteiger partial charge in [-0.15, -0.1) is 11.3 Å². The lowest BCUT2D eigenvalue weighted by molar-refractivity contribution is 0.0947. The number of hydrogen-bond acceptors (Lipinski definition) is 5. The summed E-state index contributed by atoms with van der Waals surface area (Å²) in [7, 11) is -3.12. The van der Waals surface area contributed by atoms with Crippen molar-refractivity contribution in [2.75, 3.05) is 18.6 Å². The SMILES string of the molecule is CC(CS(C)(=O)=O)NC(=O)c1ccc(C#CCCO)s1. The summed E-state index contributed by atoms with van der Waals surface area (Å²) in [5.74, 6) is 5.23. The second kappa shape index (κ2) is 7.43. The Bertz CT molecular complexity index is 622. The van der Waals surface area contributed by atoms with Crippen LogP contribution in [0.5, 0.6) is 0 Å². The van der Waals surface area contributed by atoms with Crippen LogP contribution in [0.3, 0.4) is 0 Å². The minimum Gasteiger partial charge on any atom is -0.395 e. The van der Waals surface area contributed by atoms with Crippen molar-refractivity contribution in [3.05, 3.63) is 21.9 Å². The monoisotopic (exact) mass is 315 g/mol. The molecule has 5 nitrogen and oxygen atoms in total. The zero-order valence-electron chi connectivity index (χ0n) is 11.3. The number of carbonyl (C=O) groups excluding carboxylic acids is 1. The van der Waals surface area contributed by atoms with E-state index in [0.29, 0.717) is 11.3 Å². The van der Waals surface area contributed by atoms with Crippen molar-refractivity contribution in [3.63, 3.8) is 0 Å². The molecule has 0 spiro atoms. The van der Waals surface area contributed by atoms with E-state index in [1.807, 2.05) is 0 Å². The molecule has 2 N–H and O–H groups in total. The van der Waals surface area contributed by atoms with E-state index < -0.39 is 15.9 Å². The Kier molecular flexibility index (Phi) is 6.20. The van der Waals surface area contributed by atoms with Crippen LogP contribution < -0.4 is 5.32 Å². The number of nitrogens with one attached hydrogen (secondary N) is 1. The molecule has 1 rings (SSSR count). The predicted molar refractivity (Wildman–Crippen MR) is 79.5 cm³/mol. The van der Waals surface area contributed by atoms with Crippen molar-refractivity contribution in [1.82, 2.24) is 5.32 Å². The van der Waals surface area contributed by atoms with E-state index in [0.717, 1.165) is 11.1 Å². The number of rotatable bonds is 5. The van der Waals surface area contributed by atoms with Gasteiger partial charge >= 0.3 is 0 Å². The smallest absolute Gasteiger partial charge is 0.261 e. The summed E-state index contributed by atoms with van der Waals surface area (Å²) in [6, 6.07) is 2.94. The largest absolute Gasteiger partial charge is 0.395 e. The second-order valence-electron chi connectivity index (χ2n) is 4.41. The molecular weight excluding hydrogens is 298 g/mol. The Hall–Kier alpha value is -1.36. The normalized spacial score (nSPS) is 12.3. The van der Waals surface area contributed by atoms with E-state index in [1.54, 1.807) is 19.1 Å². The molecule has 1 unspecified atom stereocenters. The summed E-state index contributed by atoms with van der Waals surface area (Å²) in [4.78, 5) is 13.1. The predicted octanol–water partition coefficient (Wildman–Crippen LogP) is 0.645. The van der Waals surface area contributed by atoms with Crippen molar-refractivity contribution in [1.29, 1.82) is 0 Å². The number of carbonyl (C=O) groups is 1. The quantitative estimate of drug-likeness (QED) is 0.781. The number of sulfone groups is 1. The van der Waals surface area contributed by atoms with Gasteiger partial charge in [-0.05, 0) is 19.1 Å². The van der Waals surface area contributed by atoms with Crippen LogP contribution >= 0.6 is 11.3 Å². The van der Waals surface area contributed by atoms with Crippen LogP contribution in [0.2, 0.25) is 0 Å². The molecule has 1 aromatic heterocycles. The molecule has 1 aromatic rings. The Labute approximate surface area is 122 Å². The molecule has 1 atom stereocenters. The van der Waals surface area contributed by atoms with Crippen LogP contribution in [0.1, 0.15) is 27.9 Å². The van der Waals surface area contributed by atoms with E-state index in [4.69, 9.17) is 5.11 Å². The van der Waals surface area contributed by atoms with Crippen LogP contribution in [0.4, 0.5) is 0 Å². The molecule has 0 fully saturated rings. The molecular formula is C13H17NO4S2. The van der Waals surface area contributed by atoms with Gasteiger partial charge in [-0.25, -0.2) is 8.42 Å². The lowest BCUT2D eigenvalue weighted by Gasteiger charge is -2.11. The molecule has 0 radical (unpaired) electrons. The molecule has 1 amide bonds. The van der Waals surface area contributed by atoms with E-state index in [9.17, 15) is 13.2 Å². The molecule has 110 valence electrons. The highest BCUT2D eigenvalue weighted by Gasteiger charge is 2.15. The van der Waals surface area contributed by atoms with Crippen LogP contribution in [0, 0.1) is 11.8 Å². The highest BCUT2D eigenvalue weighted by molar-refractivity contribution is 7.90. The van der Waals surface area contributed by atoms with Crippen molar-refractivity contribution < 1.29 is 18.3 Å².